The average Bonchev–Trinajstić information content (AvgIpc) is 2.64. The number of hydrogen-bond acceptors (Lipinski definition) is 4. The Kier molecular flexibility index (Phi) is 2.75. The largest absolute Gasteiger partial charge is 0.383 e. The molecule has 0 amide bonds. The molecule has 2 heterocycles. The molecule has 0 aromatic carbocycles. The van der Waals surface area contributed by atoms with Crippen molar-refractivity contribution in [1.82, 2.24) is 9.97 Å². The normalized spacial score (nSPS) is 12.7. The molecular weight excluding hydrogens is 215 g/mol. The molecule has 0 aliphatic rings. The highest BCUT2D eigenvalue weighted by molar-refractivity contribution is 7.09. The van der Waals surface area contributed by atoms with Crippen molar-refractivity contribution < 1.29 is 9.50 Å². The third-order valence-corrected chi connectivity index (χ3v) is 3.11. The van der Waals surface area contributed by atoms with Crippen LogP contribution in [0, 0.1) is 12.7 Å². The van der Waals surface area contributed by atoms with E-state index in [4.69, 9.17) is 0 Å². The van der Waals surface area contributed by atoms with Crippen molar-refractivity contribution in [2.24, 2.45) is 0 Å². The van der Waals surface area contributed by atoms with Gasteiger partial charge < -0.3 is 5.11 Å². The van der Waals surface area contributed by atoms with Crippen molar-refractivity contribution in [2.75, 3.05) is 0 Å². The Morgan fingerprint density at radius 3 is 2.93 bits per heavy atom. The highest BCUT2D eigenvalue weighted by Gasteiger charge is 2.18. The third-order valence-electron chi connectivity index (χ3n) is 2.13. The molecule has 0 bridgehead atoms. The molecule has 2 rings (SSSR count). The van der Waals surface area contributed by atoms with Crippen LogP contribution < -0.4 is 0 Å². The first-order valence-electron chi connectivity index (χ1n) is 4.37. The molecule has 0 saturated carbocycles. The molecule has 3 nitrogen and oxygen atoms in total. The van der Waals surface area contributed by atoms with E-state index >= 15 is 0 Å². The first-order valence-corrected chi connectivity index (χ1v) is 5.25. The lowest BCUT2D eigenvalue weighted by Gasteiger charge is -2.09. The predicted molar refractivity (Wildman–Crippen MR) is 55.1 cm³/mol. The Labute approximate surface area is 90.3 Å². The summed E-state index contributed by atoms with van der Waals surface area (Å²) in [7, 11) is 0. The van der Waals surface area contributed by atoms with Gasteiger partial charge in [0.25, 0.3) is 0 Å². The minimum absolute atomic E-state index is 0.234. The number of hydrogen-bond donors (Lipinski definition) is 1. The average molecular weight is 224 g/mol. The molecule has 78 valence electrons. The van der Waals surface area contributed by atoms with Gasteiger partial charge in [0.15, 0.2) is 0 Å². The van der Waals surface area contributed by atoms with Crippen LogP contribution in [-0.4, -0.2) is 15.1 Å². The molecule has 0 radical (unpaired) electrons. The van der Waals surface area contributed by atoms with Crippen molar-refractivity contribution in [1.29, 1.82) is 0 Å². The van der Waals surface area contributed by atoms with Gasteiger partial charge in [0.1, 0.15) is 11.9 Å². The quantitative estimate of drug-likeness (QED) is 0.849. The summed E-state index contributed by atoms with van der Waals surface area (Å²) in [5.41, 5.74) is 2.59. The van der Waals surface area contributed by atoms with Crippen LogP contribution in [0.5, 0.6) is 0 Å². The van der Waals surface area contributed by atoms with Crippen molar-refractivity contribution in [3.8, 4) is 0 Å². The molecule has 0 spiro atoms. The zero-order valence-electron chi connectivity index (χ0n) is 8.01. The van der Waals surface area contributed by atoms with E-state index < -0.39 is 11.9 Å². The number of aromatic nitrogens is 2. The molecule has 0 aliphatic heterocycles. The molecule has 0 fully saturated rings. The summed E-state index contributed by atoms with van der Waals surface area (Å²) in [6.07, 6.45) is 1.59. The second-order valence-electron chi connectivity index (χ2n) is 3.10. The summed E-state index contributed by atoms with van der Waals surface area (Å²) in [5.74, 6) is -0.502. The maximum Gasteiger partial charge on any atom is 0.147 e. The van der Waals surface area contributed by atoms with Crippen molar-refractivity contribution in [3.63, 3.8) is 0 Å². The van der Waals surface area contributed by atoms with Gasteiger partial charge in [-0.15, -0.1) is 11.3 Å². The van der Waals surface area contributed by atoms with Gasteiger partial charge >= 0.3 is 0 Å². The van der Waals surface area contributed by atoms with Crippen LogP contribution in [0.15, 0.2) is 24.0 Å². The zero-order valence-corrected chi connectivity index (χ0v) is 8.83. The Morgan fingerprint density at radius 1 is 1.53 bits per heavy atom. The Balaban J connectivity index is 2.41. The number of halogens is 1. The number of nitrogens with zero attached hydrogens (tertiary/aromatic N) is 2. The van der Waals surface area contributed by atoms with E-state index in [2.05, 4.69) is 9.97 Å². The topological polar surface area (TPSA) is 46.0 Å². The van der Waals surface area contributed by atoms with E-state index in [1.54, 1.807) is 12.4 Å². The van der Waals surface area contributed by atoms with Crippen LogP contribution in [0.3, 0.4) is 0 Å². The molecular formula is C10H9FN2OS. The van der Waals surface area contributed by atoms with Gasteiger partial charge in [0.2, 0.25) is 0 Å². The summed E-state index contributed by atoms with van der Waals surface area (Å²) in [4.78, 5) is 8.31. The van der Waals surface area contributed by atoms with Crippen molar-refractivity contribution >= 4 is 11.3 Å². The van der Waals surface area contributed by atoms with E-state index in [9.17, 15) is 9.50 Å². The maximum atomic E-state index is 13.3. The van der Waals surface area contributed by atoms with E-state index in [0.29, 0.717) is 4.88 Å². The van der Waals surface area contributed by atoms with Crippen LogP contribution in [0.1, 0.15) is 22.2 Å². The third kappa shape index (κ3) is 1.88. The fourth-order valence-electron chi connectivity index (χ4n) is 1.32. The summed E-state index contributed by atoms with van der Waals surface area (Å²) in [6, 6.07) is 1.47. The molecule has 5 heteroatoms. The van der Waals surface area contributed by atoms with Gasteiger partial charge in [-0.1, -0.05) is 0 Å². The van der Waals surface area contributed by atoms with Gasteiger partial charge in [0.05, 0.1) is 22.3 Å². The lowest BCUT2D eigenvalue weighted by Crippen LogP contribution is -2.02. The first kappa shape index (κ1) is 10.2. The summed E-state index contributed by atoms with van der Waals surface area (Å²) in [5, 5.41) is 9.95. The molecule has 2 aromatic rings. The molecule has 1 unspecified atom stereocenters. The zero-order chi connectivity index (χ0) is 10.8. The number of thiazole rings is 1. The molecule has 1 N–H and O–H groups in total. The first-order chi connectivity index (χ1) is 7.20. The van der Waals surface area contributed by atoms with Gasteiger partial charge in [-0.3, -0.25) is 4.98 Å². The SMILES string of the molecule is Cc1ncsc1C(O)c1ccncc1F. The van der Waals surface area contributed by atoms with Crippen molar-refractivity contribution in [3.05, 3.63) is 45.9 Å². The van der Waals surface area contributed by atoms with Crippen molar-refractivity contribution in [2.45, 2.75) is 13.0 Å². The molecule has 0 aliphatic carbocycles. The number of aliphatic hydroxyl groups is 1. The second-order valence-corrected chi connectivity index (χ2v) is 3.99. The summed E-state index contributed by atoms with van der Waals surface area (Å²) >= 11 is 1.31. The van der Waals surface area contributed by atoms with E-state index in [1.807, 2.05) is 0 Å². The molecule has 0 saturated heterocycles. The fourth-order valence-corrected chi connectivity index (χ4v) is 2.13. The number of pyridine rings is 1. The molecule has 2 aromatic heterocycles. The fraction of sp³-hybridized carbons (Fsp3) is 0.200. The molecule has 1 atom stereocenters. The highest BCUT2D eigenvalue weighted by Crippen LogP contribution is 2.28. The highest BCUT2D eigenvalue weighted by atomic mass is 32.1. The lowest BCUT2D eigenvalue weighted by atomic mass is 10.1. The maximum absolute atomic E-state index is 13.3. The number of aryl methyl sites for hydroxylation is 1. The second kappa shape index (κ2) is 4.04. The van der Waals surface area contributed by atoms with Gasteiger partial charge in [-0.2, -0.15) is 0 Å². The smallest absolute Gasteiger partial charge is 0.147 e. The standard InChI is InChI=1S/C10H9FN2OS/c1-6-10(15-5-13-6)9(14)7-2-3-12-4-8(7)11/h2-5,9,14H,1H3. The lowest BCUT2D eigenvalue weighted by molar-refractivity contribution is 0.217. The predicted octanol–water partition coefficient (Wildman–Crippen LogP) is 2.07. The molecule has 15 heavy (non-hydrogen) atoms. The van der Waals surface area contributed by atoms with E-state index in [-0.39, 0.29) is 5.56 Å². The minimum Gasteiger partial charge on any atom is -0.383 e. The van der Waals surface area contributed by atoms with Crippen LogP contribution >= 0.6 is 11.3 Å². The Bertz CT molecular complexity index is 472. The number of aliphatic hydroxyl groups excluding tert-OH is 1. The summed E-state index contributed by atoms with van der Waals surface area (Å²) in [6.45, 7) is 1.79. The minimum atomic E-state index is -0.958. The van der Waals surface area contributed by atoms with Gasteiger partial charge in [-0.05, 0) is 13.0 Å². The van der Waals surface area contributed by atoms with Gasteiger partial charge in [0, 0.05) is 11.8 Å². The van der Waals surface area contributed by atoms with Gasteiger partial charge in [-0.25, -0.2) is 9.37 Å². The number of rotatable bonds is 2. The van der Waals surface area contributed by atoms with Crippen LogP contribution in [0.2, 0.25) is 0 Å². The van der Waals surface area contributed by atoms with E-state index in [0.717, 1.165) is 11.9 Å². The summed E-state index contributed by atoms with van der Waals surface area (Å²) < 4.78 is 13.3. The van der Waals surface area contributed by atoms with Crippen LogP contribution in [0.25, 0.3) is 0 Å². The van der Waals surface area contributed by atoms with Crippen LogP contribution in [-0.2, 0) is 0 Å². The van der Waals surface area contributed by atoms with E-state index in [1.165, 1.54) is 23.6 Å². The monoisotopic (exact) mass is 224 g/mol. The Morgan fingerprint density at radius 2 is 2.33 bits per heavy atom. The Hall–Kier alpha value is -1.33. The van der Waals surface area contributed by atoms with Crippen LogP contribution in [0.4, 0.5) is 4.39 Å².